The molecule has 0 bridgehead atoms. The van der Waals surface area contributed by atoms with Crippen LogP contribution in [0.25, 0.3) is 0 Å². The van der Waals surface area contributed by atoms with Crippen LogP contribution in [0.3, 0.4) is 0 Å². The lowest BCUT2D eigenvalue weighted by Crippen LogP contribution is -2.24. The van der Waals surface area contributed by atoms with Crippen molar-refractivity contribution in [3.8, 4) is 0 Å². The molecular weight excluding hydrogens is 365 g/mol. The van der Waals surface area contributed by atoms with Crippen LogP contribution in [0.1, 0.15) is 37.2 Å². The Morgan fingerprint density at radius 3 is 2.64 bits per heavy atom. The Balaban J connectivity index is 1.71. The minimum absolute atomic E-state index is 0.0994. The molecule has 1 aliphatic rings. The van der Waals surface area contributed by atoms with Crippen molar-refractivity contribution in [1.29, 1.82) is 0 Å². The van der Waals surface area contributed by atoms with E-state index in [1.807, 2.05) is 19.9 Å². The lowest BCUT2D eigenvalue weighted by Gasteiger charge is -2.21. The van der Waals surface area contributed by atoms with Gasteiger partial charge in [-0.05, 0) is 38.8 Å². The summed E-state index contributed by atoms with van der Waals surface area (Å²) in [5, 5.41) is 10.5. The summed E-state index contributed by atoms with van der Waals surface area (Å²) in [6, 6.07) is 4.80. The number of rotatable bonds is 9. The Labute approximate surface area is 163 Å². The zero-order chi connectivity index (χ0) is 19.9. The fourth-order valence-corrected chi connectivity index (χ4v) is 3.21. The summed E-state index contributed by atoms with van der Waals surface area (Å²) in [5.41, 5.74) is 0.957. The number of nitrogens with one attached hydrogen (secondary N) is 1. The lowest BCUT2D eigenvalue weighted by atomic mass is 10.2. The average molecular weight is 391 g/mol. The van der Waals surface area contributed by atoms with Crippen LogP contribution in [0.15, 0.2) is 24.4 Å². The molecule has 3 rings (SSSR count). The van der Waals surface area contributed by atoms with Crippen molar-refractivity contribution in [2.45, 2.75) is 39.5 Å². The van der Waals surface area contributed by atoms with Gasteiger partial charge in [-0.3, -0.25) is 4.79 Å². The van der Waals surface area contributed by atoms with Crippen LogP contribution < -0.4 is 10.2 Å². The summed E-state index contributed by atoms with van der Waals surface area (Å²) in [5.74, 6) is -0.987. The molecule has 1 N–H and O–H groups in total. The molecule has 9 heteroatoms. The zero-order valence-electron chi connectivity index (χ0n) is 16.2. The topological polar surface area (TPSA) is 81.5 Å². The Hall–Kier alpha value is -2.52. The largest absolute Gasteiger partial charge is 0.370 e. The van der Waals surface area contributed by atoms with Crippen molar-refractivity contribution in [2.75, 3.05) is 36.5 Å². The third-order valence-corrected chi connectivity index (χ3v) is 4.49. The number of anilines is 2. The van der Waals surface area contributed by atoms with Crippen molar-refractivity contribution in [3.05, 3.63) is 35.9 Å². The third-order valence-electron chi connectivity index (χ3n) is 4.49. The first-order valence-electron chi connectivity index (χ1n) is 9.60. The molecule has 152 valence electrons. The molecular formula is C19H26FN5O3. The van der Waals surface area contributed by atoms with E-state index in [1.54, 1.807) is 6.07 Å². The van der Waals surface area contributed by atoms with E-state index in [0.717, 1.165) is 25.9 Å². The van der Waals surface area contributed by atoms with Crippen LogP contribution in [0.5, 0.6) is 0 Å². The van der Waals surface area contributed by atoms with Crippen molar-refractivity contribution in [2.24, 2.45) is 0 Å². The number of carbonyl (C=O) groups excluding carboxylic acids is 1. The molecule has 0 radical (unpaired) electrons. The van der Waals surface area contributed by atoms with Gasteiger partial charge in [-0.25, -0.2) is 9.07 Å². The van der Waals surface area contributed by atoms with Crippen LogP contribution >= 0.6 is 0 Å². The Bertz CT molecular complexity index is 786. The fraction of sp³-hybridized carbons (Fsp3) is 0.526. The van der Waals surface area contributed by atoms with Crippen molar-refractivity contribution in [3.63, 3.8) is 0 Å². The first-order chi connectivity index (χ1) is 13.6. The molecule has 28 heavy (non-hydrogen) atoms. The Morgan fingerprint density at radius 2 is 1.96 bits per heavy atom. The maximum Gasteiger partial charge on any atom is 0.277 e. The number of ether oxygens (including phenoxy) is 2. The molecule has 1 aliphatic heterocycles. The van der Waals surface area contributed by atoms with Gasteiger partial charge in [-0.1, -0.05) is 11.3 Å². The molecule has 1 aromatic heterocycles. The summed E-state index contributed by atoms with van der Waals surface area (Å²) in [6.07, 6.45) is 3.13. The molecule has 0 saturated carbocycles. The first-order valence-corrected chi connectivity index (χ1v) is 9.60. The number of aromatic nitrogens is 3. The molecule has 1 saturated heterocycles. The molecule has 2 aromatic rings. The van der Waals surface area contributed by atoms with Gasteiger partial charge in [0.2, 0.25) is 0 Å². The van der Waals surface area contributed by atoms with Crippen LogP contribution in [-0.4, -0.2) is 53.5 Å². The van der Waals surface area contributed by atoms with Gasteiger partial charge in [-0.2, -0.15) is 0 Å². The highest BCUT2D eigenvalue weighted by Crippen LogP contribution is 2.31. The number of hydrogen-bond donors (Lipinski definition) is 1. The van der Waals surface area contributed by atoms with E-state index in [0.29, 0.717) is 25.4 Å². The maximum absolute atomic E-state index is 14.4. The van der Waals surface area contributed by atoms with Crippen molar-refractivity contribution < 1.29 is 18.7 Å². The molecule has 0 atom stereocenters. The average Bonchev–Trinajstić information content (AvgIpc) is 3.36. The Kier molecular flexibility index (Phi) is 6.94. The molecule has 0 aliphatic carbocycles. The molecule has 1 fully saturated rings. The van der Waals surface area contributed by atoms with Gasteiger partial charge in [0.15, 0.2) is 12.0 Å². The molecule has 0 unspecified atom stereocenters. The zero-order valence-corrected chi connectivity index (χ0v) is 16.2. The van der Waals surface area contributed by atoms with Gasteiger partial charge < -0.3 is 19.7 Å². The normalized spacial score (nSPS) is 14.1. The highest BCUT2D eigenvalue weighted by atomic mass is 19.1. The highest BCUT2D eigenvalue weighted by Gasteiger charge is 2.21. The second-order valence-corrected chi connectivity index (χ2v) is 6.45. The molecule has 8 nitrogen and oxygen atoms in total. The number of amides is 1. The van der Waals surface area contributed by atoms with E-state index in [1.165, 1.54) is 16.9 Å². The molecule has 1 aromatic carbocycles. The Morgan fingerprint density at radius 1 is 1.25 bits per heavy atom. The quantitative estimate of drug-likeness (QED) is 0.662. The van der Waals surface area contributed by atoms with Crippen LogP contribution in [0.2, 0.25) is 0 Å². The van der Waals surface area contributed by atoms with Gasteiger partial charge in [-0.15, -0.1) is 5.10 Å². The minimum atomic E-state index is -0.513. The second-order valence-electron chi connectivity index (χ2n) is 6.45. The van der Waals surface area contributed by atoms with Crippen LogP contribution in [0, 0.1) is 5.82 Å². The number of para-hydroxylation sites is 1. The van der Waals surface area contributed by atoms with Gasteiger partial charge in [0.05, 0.1) is 18.4 Å². The maximum atomic E-state index is 14.4. The van der Waals surface area contributed by atoms with Crippen LogP contribution in [0.4, 0.5) is 15.8 Å². The van der Waals surface area contributed by atoms with Crippen LogP contribution in [-0.2, 0) is 16.0 Å². The van der Waals surface area contributed by atoms with E-state index in [9.17, 15) is 9.18 Å². The predicted molar refractivity (Wildman–Crippen MR) is 103 cm³/mol. The van der Waals surface area contributed by atoms with Gasteiger partial charge >= 0.3 is 0 Å². The van der Waals surface area contributed by atoms with Gasteiger partial charge in [0.25, 0.3) is 5.91 Å². The van der Waals surface area contributed by atoms with Gasteiger partial charge in [0, 0.05) is 26.3 Å². The summed E-state index contributed by atoms with van der Waals surface area (Å²) in [6.45, 7) is 6.74. The minimum Gasteiger partial charge on any atom is -0.370 e. The first kappa shape index (κ1) is 20.2. The lowest BCUT2D eigenvalue weighted by molar-refractivity contribution is -0.145. The standard InChI is InChI=1S/C19H26FN5O3/c1-3-27-17(28-4-2)13-25-12-15(22-23-25)19(26)21-18-14(20)8-7-9-16(18)24-10-5-6-11-24/h7-9,12,17H,3-6,10-11,13H2,1-2H3,(H,21,26). The number of benzene rings is 1. The van der Waals surface area contributed by atoms with Crippen molar-refractivity contribution >= 4 is 17.3 Å². The summed E-state index contributed by atoms with van der Waals surface area (Å²) >= 11 is 0. The third kappa shape index (κ3) is 4.85. The summed E-state index contributed by atoms with van der Waals surface area (Å²) in [4.78, 5) is 14.7. The van der Waals surface area contributed by atoms with Gasteiger partial charge in [0.1, 0.15) is 11.5 Å². The van der Waals surface area contributed by atoms with E-state index < -0.39 is 18.0 Å². The van der Waals surface area contributed by atoms with E-state index in [4.69, 9.17) is 9.47 Å². The smallest absolute Gasteiger partial charge is 0.277 e. The molecule has 0 spiro atoms. The summed E-state index contributed by atoms with van der Waals surface area (Å²) in [7, 11) is 0. The second kappa shape index (κ2) is 9.61. The van der Waals surface area contributed by atoms with E-state index >= 15 is 0 Å². The number of carbonyl (C=O) groups is 1. The fourth-order valence-electron chi connectivity index (χ4n) is 3.21. The highest BCUT2D eigenvalue weighted by molar-refractivity contribution is 6.04. The van der Waals surface area contributed by atoms with E-state index in [-0.39, 0.29) is 11.4 Å². The van der Waals surface area contributed by atoms with E-state index in [2.05, 4.69) is 20.5 Å². The number of halogens is 1. The molecule has 1 amide bonds. The predicted octanol–water partition coefficient (Wildman–Crippen LogP) is 2.67. The van der Waals surface area contributed by atoms with Crippen molar-refractivity contribution in [1.82, 2.24) is 15.0 Å². The number of hydrogen-bond acceptors (Lipinski definition) is 6. The number of nitrogens with zero attached hydrogens (tertiary/aromatic N) is 4. The SMILES string of the molecule is CCOC(Cn1cc(C(=O)Nc2c(F)cccc2N2CCCC2)nn1)OCC. The summed E-state index contributed by atoms with van der Waals surface area (Å²) < 4.78 is 26.8. The molecule has 2 heterocycles. The monoisotopic (exact) mass is 391 g/mol.